The number of aliphatic hydroxyl groups excluding tert-OH is 1. The molecule has 0 aromatic heterocycles. The third kappa shape index (κ3) is 3.45. The molecular weight excluding hydrogens is 492 g/mol. The van der Waals surface area contributed by atoms with E-state index in [1.165, 1.54) is 0 Å². The van der Waals surface area contributed by atoms with E-state index in [1.54, 1.807) is 0 Å². The summed E-state index contributed by atoms with van der Waals surface area (Å²) in [6.45, 7) is 0. The van der Waals surface area contributed by atoms with Gasteiger partial charge in [-0.05, 0) is 42.0 Å². The molecule has 1 N–H and O–H groups in total. The van der Waals surface area contributed by atoms with E-state index in [2.05, 4.69) is 63.7 Å². The Morgan fingerprint density at radius 2 is 1.39 bits per heavy atom. The SMILES string of the molecule is OC(c1cc(Br)cc(Br)c1)c1cc(Br)ccc1Br. The van der Waals surface area contributed by atoms with E-state index in [4.69, 9.17) is 0 Å². The first-order chi connectivity index (χ1) is 8.47. The highest BCUT2D eigenvalue weighted by atomic mass is 79.9. The highest BCUT2D eigenvalue weighted by Crippen LogP contribution is 2.33. The van der Waals surface area contributed by atoms with Crippen LogP contribution >= 0.6 is 63.7 Å². The molecule has 2 rings (SSSR count). The van der Waals surface area contributed by atoms with Gasteiger partial charge < -0.3 is 5.11 Å². The van der Waals surface area contributed by atoms with E-state index < -0.39 is 6.10 Å². The highest BCUT2D eigenvalue weighted by molar-refractivity contribution is 9.11. The first-order valence-electron chi connectivity index (χ1n) is 5.06. The van der Waals surface area contributed by atoms with E-state index >= 15 is 0 Å². The normalized spacial score (nSPS) is 12.5. The van der Waals surface area contributed by atoms with E-state index in [0.29, 0.717) is 0 Å². The van der Waals surface area contributed by atoms with Crippen LogP contribution in [0.15, 0.2) is 54.3 Å². The molecule has 2 aromatic rings. The minimum absolute atomic E-state index is 0.675. The van der Waals surface area contributed by atoms with Crippen molar-refractivity contribution in [2.75, 3.05) is 0 Å². The van der Waals surface area contributed by atoms with Crippen LogP contribution in [0.3, 0.4) is 0 Å². The van der Waals surface area contributed by atoms with Crippen molar-refractivity contribution in [3.8, 4) is 0 Å². The number of hydrogen-bond acceptors (Lipinski definition) is 1. The van der Waals surface area contributed by atoms with Crippen LogP contribution in [-0.2, 0) is 0 Å². The Labute approximate surface area is 139 Å². The smallest absolute Gasteiger partial charge is 0.105 e. The maximum atomic E-state index is 10.5. The molecule has 1 nitrogen and oxygen atoms in total. The monoisotopic (exact) mass is 496 g/mol. The Balaban J connectivity index is 2.47. The van der Waals surface area contributed by atoms with Crippen molar-refractivity contribution in [1.29, 1.82) is 0 Å². The fourth-order valence-corrected chi connectivity index (χ4v) is 3.81. The zero-order chi connectivity index (χ0) is 13.3. The van der Waals surface area contributed by atoms with E-state index in [-0.39, 0.29) is 0 Å². The Hall–Kier alpha value is 0.320. The molecule has 0 spiro atoms. The van der Waals surface area contributed by atoms with Gasteiger partial charge in [0.25, 0.3) is 0 Å². The molecule has 0 saturated heterocycles. The van der Waals surface area contributed by atoms with Crippen molar-refractivity contribution in [2.24, 2.45) is 0 Å². The molecule has 18 heavy (non-hydrogen) atoms. The van der Waals surface area contributed by atoms with Gasteiger partial charge in [0.2, 0.25) is 0 Å². The molecule has 0 saturated carbocycles. The van der Waals surface area contributed by atoms with Gasteiger partial charge in [0.15, 0.2) is 0 Å². The summed E-state index contributed by atoms with van der Waals surface area (Å²) < 4.78 is 3.68. The van der Waals surface area contributed by atoms with Gasteiger partial charge in [-0.2, -0.15) is 0 Å². The van der Waals surface area contributed by atoms with Gasteiger partial charge in [-0.1, -0.05) is 63.7 Å². The summed E-state index contributed by atoms with van der Waals surface area (Å²) in [6, 6.07) is 11.5. The average molecular weight is 500 g/mol. The number of benzene rings is 2. The quantitative estimate of drug-likeness (QED) is 0.552. The lowest BCUT2D eigenvalue weighted by molar-refractivity contribution is 0.219. The van der Waals surface area contributed by atoms with Gasteiger partial charge in [-0.15, -0.1) is 0 Å². The van der Waals surface area contributed by atoms with Crippen LogP contribution in [-0.4, -0.2) is 5.11 Å². The third-order valence-electron chi connectivity index (χ3n) is 2.45. The maximum Gasteiger partial charge on any atom is 0.105 e. The molecule has 0 amide bonds. The van der Waals surface area contributed by atoms with Crippen molar-refractivity contribution < 1.29 is 5.11 Å². The second kappa shape index (κ2) is 6.18. The molecule has 0 heterocycles. The third-order valence-corrected chi connectivity index (χ3v) is 4.58. The summed E-state index contributed by atoms with van der Waals surface area (Å²) in [6.07, 6.45) is -0.675. The minimum Gasteiger partial charge on any atom is -0.384 e. The number of aliphatic hydroxyl groups is 1. The molecule has 5 heteroatoms. The summed E-state index contributed by atoms with van der Waals surface area (Å²) in [5.74, 6) is 0. The van der Waals surface area contributed by atoms with Crippen LogP contribution < -0.4 is 0 Å². The van der Waals surface area contributed by atoms with Crippen LogP contribution in [0.2, 0.25) is 0 Å². The van der Waals surface area contributed by atoms with Gasteiger partial charge >= 0.3 is 0 Å². The van der Waals surface area contributed by atoms with E-state index in [0.717, 1.165) is 29.0 Å². The molecule has 0 radical (unpaired) electrons. The Morgan fingerprint density at radius 1 is 0.778 bits per heavy atom. The molecule has 2 aromatic carbocycles. The molecular formula is C13H8Br4O. The van der Waals surface area contributed by atoms with Gasteiger partial charge in [0, 0.05) is 23.5 Å². The summed E-state index contributed by atoms with van der Waals surface area (Å²) in [4.78, 5) is 0. The molecule has 1 atom stereocenters. The van der Waals surface area contributed by atoms with E-state index in [1.807, 2.05) is 36.4 Å². The molecule has 0 aliphatic heterocycles. The fraction of sp³-hybridized carbons (Fsp3) is 0.0769. The molecule has 1 unspecified atom stereocenters. The number of halogens is 4. The van der Waals surface area contributed by atoms with Gasteiger partial charge in [0.05, 0.1) is 0 Å². The van der Waals surface area contributed by atoms with Crippen molar-refractivity contribution >= 4 is 63.7 Å². The first-order valence-corrected chi connectivity index (χ1v) is 8.23. The molecule has 0 aliphatic rings. The fourth-order valence-electron chi connectivity index (χ4n) is 1.64. The second-order valence-electron chi connectivity index (χ2n) is 3.77. The summed E-state index contributed by atoms with van der Waals surface area (Å²) in [7, 11) is 0. The largest absolute Gasteiger partial charge is 0.384 e. The Morgan fingerprint density at radius 3 is 2.00 bits per heavy atom. The number of rotatable bonds is 2. The average Bonchev–Trinajstić information content (AvgIpc) is 2.30. The molecule has 0 aliphatic carbocycles. The lowest BCUT2D eigenvalue weighted by Crippen LogP contribution is -2.01. The second-order valence-corrected chi connectivity index (χ2v) is 7.37. The lowest BCUT2D eigenvalue weighted by Gasteiger charge is -2.14. The van der Waals surface area contributed by atoms with Crippen LogP contribution in [0.1, 0.15) is 17.2 Å². The summed E-state index contributed by atoms with van der Waals surface area (Å²) in [5.41, 5.74) is 1.66. The summed E-state index contributed by atoms with van der Waals surface area (Å²) in [5, 5.41) is 10.5. The Bertz CT molecular complexity index is 563. The Kier molecular flexibility index (Phi) is 5.06. The van der Waals surface area contributed by atoms with Crippen molar-refractivity contribution in [3.63, 3.8) is 0 Å². The zero-order valence-corrected chi connectivity index (χ0v) is 15.3. The highest BCUT2D eigenvalue weighted by Gasteiger charge is 2.15. The van der Waals surface area contributed by atoms with Crippen molar-refractivity contribution in [1.82, 2.24) is 0 Å². The van der Waals surface area contributed by atoms with Crippen LogP contribution in [0, 0.1) is 0 Å². The molecule has 0 bridgehead atoms. The predicted octanol–water partition coefficient (Wildman–Crippen LogP) is 5.82. The number of hydrogen-bond donors (Lipinski definition) is 1. The lowest BCUT2D eigenvalue weighted by atomic mass is 10.0. The predicted molar refractivity (Wildman–Crippen MR) is 87.7 cm³/mol. The maximum absolute atomic E-state index is 10.5. The van der Waals surface area contributed by atoms with Crippen LogP contribution in [0.4, 0.5) is 0 Å². The van der Waals surface area contributed by atoms with Gasteiger partial charge in [-0.25, -0.2) is 0 Å². The van der Waals surface area contributed by atoms with Crippen LogP contribution in [0.25, 0.3) is 0 Å². The van der Waals surface area contributed by atoms with E-state index in [9.17, 15) is 5.11 Å². The van der Waals surface area contributed by atoms with Crippen molar-refractivity contribution in [2.45, 2.75) is 6.10 Å². The van der Waals surface area contributed by atoms with Gasteiger partial charge in [-0.3, -0.25) is 0 Å². The van der Waals surface area contributed by atoms with Crippen LogP contribution in [0.5, 0.6) is 0 Å². The van der Waals surface area contributed by atoms with Crippen molar-refractivity contribution in [3.05, 3.63) is 65.4 Å². The zero-order valence-electron chi connectivity index (χ0n) is 9.00. The topological polar surface area (TPSA) is 20.2 Å². The first kappa shape index (κ1) is 14.7. The minimum atomic E-state index is -0.675. The molecule has 0 fully saturated rings. The van der Waals surface area contributed by atoms with Gasteiger partial charge in [0.1, 0.15) is 6.10 Å². The standard InChI is InChI=1S/C13H8Br4O/c14-8-1-2-12(17)11(6-8)13(18)7-3-9(15)5-10(16)4-7/h1-6,13,18H. The molecule has 94 valence electrons. The summed E-state index contributed by atoms with van der Waals surface area (Å²) >= 11 is 13.7.